The van der Waals surface area contributed by atoms with Gasteiger partial charge in [0.05, 0.1) is 0 Å². The Kier molecular flexibility index (Phi) is 5.39. The highest BCUT2D eigenvalue weighted by Crippen LogP contribution is 2.09. The summed E-state index contributed by atoms with van der Waals surface area (Å²) in [6.45, 7) is 4.16. The summed E-state index contributed by atoms with van der Waals surface area (Å²) in [4.78, 5) is 3.69. The Morgan fingerprint density at radius 1 is 1.67 bits per heavy atom. The maximum Gasteiger partial charge on any atom is 0.166 e. The van der Waals surface area contributed by atoms with Gasteiger partial charge < -0.3 is 0 Å². The second kappa shape index (κ2) is 5.78. The lowest BCUT2D eigenvalue weighted by atomic mass is 10.3. The highest BCUT2D eigenvalue weighted by atomic mass is 32.2. The van der Waals surface area contributed by atoms with Crippen molar-refractivity contribution in [3.05, 3.63) is 0 Å². The molecule has 0 aliphatic carbocycles. The molecule has 0 fully saturated rings. The summed E-state index contributed by atoms with van der Waals surface area (Å²) < 4.78 is 0. The fraction of sp³-hybridized carbons (Fsp3) is 0.625. The predicted octanol–water partition coefficient (Wildman–Crippen LogP) is 1.95. The van der Waals surface area contributed by atoms with Crippen molar-refractivity contribution in [1.82, 2.24) is 0 Å². The first kappa shape index (κ1) is 11.2. The van der Waals surface area contributed by atoms with Gasteiger partial charge in [0, 0.05) is 12.8 Å². The Labute approximate surface area is 77.4 Å². The largest absolute Gasteiger partial charge is 0.291 e. The molecular weight excluding hydrogens is 170 g/mol. The van der Waals surface area contributed by atoms with Gasteiger partial charge in [0.25, 0.3) is 0 Å². The Bertz CT molecular complexity index is 225. The first-order valence-electron chi connectivity index (χ1n) is 3.70. The number of hydrogen-bond acceptors (Lipinski definition) is 4. The molecule has 0 saturated carbocycles. The molecule has 3 nitrogen and oxygen atoms in total. The maximum atomic E-state index is 8.53. The quantitative estimate of drug-likeness (QED) is 0.537. The second-order valence-electron chi connectivity index (χ2n) is 2.72. The van der Waals surface area contributed by atoms with Crippen molar-refractivity contribution in [1.29, 1.82) is 10.7 Å². The van der Waals surface area contributed by atoms with Crippen LogP contribution in [0.2, 0.25) is 0 Å². The molecule has 0 aromatic rings. The van der Waals surface area contributed by atoms with E-state index in [2.05, 4.69) is 18.8 Å². The van der Waals surface area contributed by atoms with E-state index in [0.29, 0.717) is 5.92 Å². The summed E-state index contributed by atoms with van der Waals surface area (Å²) in [7, 11) is 1.53. The Morgan fingerprint density at radius 2 is 2.25 bits per heavy atom. The standard InChI is InChI=1S/C8H13N3S/c1-6(2)5-12-8(10)7(4-9)11-3/h6,10H,5H2,1-3H3/b10-8?,11-7-. The molecule has 0 saturated heterocycles. The minimum absolute atomic E-state index is 0.223. The van der Waals surface area contributed by atoms with Gasteiger partial charge >= 0.3 is 0 Å². The normalized spacial score (nSPS) is 11.4. The van der Waals surface area contributed by atoms with E-state index in [0.717, 1.165) is 5.75 Å². The molecule has 0 amide bonds. The van der Waals surface area contributed by atoms with Crippen molar-refractivity contribution in [2.24, 2.45) is 10.9 Å². The van der Waals surface area contributed by atoms with Crippen molar-refractivity contribution in [2.75, 3.05) is 12.8 Å². The molecule has 12 heavy (non-hydrogen) atoms. The number of nitrogens with one attached hydrogen (secondary N) is 1. The molecule has 0 bridgehead atoms. The van der Waals surface area contributed by atoms with Gasteiger partial charge in [-0.3, -0.25) is 10.4 Å². The van der Waals surface area contributed by atoms with Crippen LogP contribution in [0.4, 0.5) is 0 Å². The van der Waals surface area contributed by atoms with Crippen molar-refractivity contribution < 1.29 is 0 Å². The molecule has 0 radical (unpaired) electrons. The third-order valence-electron chi connectivity index (χ3n) is 1.11. The van der Waals surface area contributed by atoms with E-state index in [1.807, 2.05) is 6.07 Å². The molecule has 4 heteroatoms. The van der Waals surface area contributed by atoms with E-state index in [9.17, 15) is 0 Å². The van der Waals surface area contributed by atoms with Crippen molar-refractivity contribution >= 4 is 22.5 Å². The molecule has 1 N–H and O–H groups in total. The summed E-state index contributed by atoms with van der Waals surface area (Å²) >= 11 is 1.37. The van der Waals surface area contributed by atoms with Crippen LogP contribution in [0.15, 0.2) is 4.99 Å². The van der Waals surface area contributed by atoms with Crippen LogP contribution in [0.1, 0.15) is 13.8 Å². The van der Waals surface area contributed by atoms with Crippen molar-refractivity contribution in [2.45, 2.75) is 13.8 Å². The average Bonchev–Trinajstić information content (AvgIpc) is 2.03. The molecule has 0 rings (SSSR count). The SMILES string of the molecule is C/N=C(/C#N)C(=N)SCC(C)C. The molecule has 0 aliphatic heterocycles. The zero-order chi connectivity index (χ0) is 9.56. The molecule has 0 unspecified atom stereocenters. The lowest BCUT2D eigenvalue weighted by Crippen LogP contribution is -2.08. The number of rotatable bonds is 3. The number of nitriles is 1. The lowest BCUT2D eigenvalue weighted by molar-refractivity contribution is 0.752. The van der Waals surface area contributed by atoms with Crippen LogP contribution in [-0.4, -0.2) is 23.6 Å². The van der Waals surface area contributed by atoms with Gasteiger partial charge in [-0.25, -0.2) is 0 Å². The van der Waals surface area contributed by atoms with Crippen LogP contribution in [0.5, 0.6) is 0 Å². The van der Waals surface area contributed by atoms with Crippen LogP contribution in [0.25, 0.3) is 0 Å². The van der Waals surface area contributed by atoms with Crippen LogP contribution >= 0.6 is 11.8 Å². The highest BCUT2D eigenvalue weighted by molar-refractivity contribution is 8.15. The van der Waals surface area contributed by atoms with E-state index >= 15 is 0 Å². The third kappa shape index (κ3) is 4.14. The van der Waals surface area contributed by atoms with Gasteiger partial charge in [0.1, 0.15) is 11.1 Å². The van der Waals surface area contributed by atoms with E-state index in [1.54, 1.807) is 0 Å². The third-order valence-corrected chi connectivity index (χ3v) is 2.42. The molecule has 66 valence electrons. The summed E-state index contributed by atoms with van der Waals surface area (Å²) in [5, 5.41) is 16.2. The summed E-state index contributed by atoms with van der Waals surface area (Å²) in [6, 6.07) is 1.88. The van der Waals surface area contributed by atoms with Gasteiger partial charge in [0.15, 0.2) is 5.71 Å². The minimum atomic E-state index is 0.223. The second-order valence-corrected chi connectivity index (χ2v) is 3.75. The van der Waals surface area contributed by atoms with Crippen LogP contribution in [-0.2, 0) is 0 Å². The average molecular weight is 183 g/mol. The first-order valence-corrected chi connectivity index (χ1v) is 4.69. The fourth-order valence-electron chi connectivity index (χ4n) is 0.521. The van der Waals surface area contributed by atoms with Gasteiger partial charge in [-0.15, -0.1) is 11.8 Å². The Hall–Kier alpha value is -0.820. The number of thioether (sulfide) groups is 1. The molecule has 0 aromatic heterocycles. The number of aliphatic imine (C=N–C) groups is 1. The van der Waals surface area contributed by atoms with Crippen LogP contribution < -0.4 is 0 Å². The summed E-state index contributed by atoms with van der Waals surface area (Å²) in [5.41, 5.74) is 0.223. The zero-order valence-corrected chi connectivity index (χ0v) is 8.40. The summed E-state index contributed by atoms with van der Waals surface area (Å²) in [5.74, 6) is 1.40. The molecule has 0 atom stereocenters. The molecule has 0 spiro atoms. The molecule has 0 heterocycles. The van der Waals surface area contributed by atoms with E-state index in [-0.39, 0.29) is 10.8 Å². The maximum absolute atomic E-state index is 8.53. The van der Waals surface area contributed by atoms with Gasteiger partial charge in [0.2, 0.25) is 0 Å². The Morgan fingerprint density at radius 3 is 2.58 bits per heavy atom. The molecule has 0 aliphatic rings. The zero-order valence-electron chi connectivity index (χ0n) is 7.59. The van der Waals surface area contributed by atoms with Gasteiger partial charge in [-0.1, -0.05) is 13.8 Å². The van der Waals surface area contributed by atoms with E-state index in [4.69, 9.17) is 10.7 Å². The van der Waals surface area contributed by atoms with Crippen molar-refractivity contribution in [3.63, 3.8) is 0 Å². The van der Waals surface area contributed by atoms with E-state index < -0.39 is 0 Å². The highest BCUT2D eigenvalue weighted by Gasteiger charge is 2.06. The minimum Gasteiger partial charge on any atom is -0.291 e. The fourth-order valence-corrected chi connectivity index (χ4v) is 1.29. The van der Waals surface area contributed by atoms with Crippen LogP contribution in [0, 0.1) is 22.7 Å². The lowest BCUT2D eigenvalue weighted by Gasteiger charge is -2.03. The Balaban J connectivity index is 3.98. The topological polar surface area (TPSA) is 60.0 Å². The predicted molar refractivity (Wildman–Crippen MR) is 54.0 cm³/mol. The smallest absolute Gasteiger partial charge is 0.166 e. The summed E-state index contributed by atoms with van der Waals surface area (Å²) in [6.07, 6.45) is 0. The van der Waals surface area contributed by atoms with Crippen molar-refractivity contribution in [3.8, 4) is 6.07 Å². The van der Waals surface area contributed by atoms with E-state index in [1.165, 1.54) is 18.8 Å². The van der Waals surface area contributed by atoms with Gasteiger partial charge in [-0.05, 0) is 5.92 Å². The molecule has 0 aromatic carbocycles. The van der Waals surface area contributed by atoms with Crippen LogP contribution in [0.3, 0.4) is 0 Å². The number of nitrogens with zero attached hydrogens (tertiary/aromatic N) is 2. The first-order chi connectivity index (χ1) is 5.61. The monoisotopic (exact) mass is 183 g/mol. The molecular formula is C8H13N3S. The number of hydrogen-bond donors (Lipinski definition) is 1. The van der Waals surface area contributed by atoms with Gasteiger partial charge in [-0.2, -0.15) is 5.26 Å².